The Morgan fingerprint density at radius 2 is 2.26 bits per heavy atom. The van der Waals surface area contributed by atoms with Crippen LogP contribution in [0.4, 0.5) is 0 Å². The van der Waals surface area contributed by atoms with Gasteiger partial charge in [-0.1, -0.05) is 25.9 Å². The molecule has 2 rings (SSSR count). The summed E-state index contributed by atoms with van der Waals surface area (Å²) in [5.74, 6) is 2.11. The van der Waals surface area contributed by atoms with E-state index in [9.17, 15) is 0 Å². The number of ether oxygens (including phenoxy) is 1. The van der Waals surface area contributed by atoms with Crippen LogP contribution in [0, 0.1) is 0 Å². The Morgan fingerprint density at radius 3 is 2.89 bits per heavy atom. The van der Waals surface area contributed by atoms with E-state index in [1.807, 2.05) is 0 Å². The summed E-state index contributed by atoms with van der Waals surface area (Å²) < 4.78 is 10.9. The molecule has 0 radical (unpaired) electrons. The highest BCUT2D eigenvalue weighted by atomic mass is 16.5. The highest BCUT2D eigenvalue weighted by molar-refractivity contribution is 5.01. The molecule has 1 N–H and O–H groups in total. The molecule has 5 nitrogen and oxygen atoms in total. The summed E-state index contributed by atoms with van der Waals surface area (Å²) in [7, 11) is 0. The number of nitrogens with one attached hydrogen (secondary N) is 1. The molecular weight excluding hydrogens is 242 g/mol. The van der Waals surface area contributed by atoms with Gasteiger partial charge in [0.1, 0.15) is 0 Å². The minimum Gasteiger partial charge on any atom is -0.381 e. The van der Waals surface area contributed by atoms with Gasteiger partial charge >= 0.3 is 0 Å². The number of nitrogens with zero attached hydrogens (tertiary/aromatic N) is 2. The zero-order valence-corrected chi connectivity index (χ0v) is 12.2. The van der Waals surface area contributed by atoms with Crippen molar-refractivity contribution in [3.05, 3.63) is 11.7 Å². The minimum atomic E-state index is 0.246. The van der Waals surface area contributed by atoms with Crippen molar-refractivity contribution in [2.75, 3.05) is 19.8 Å². The first-order chi connectivity index (χ1) is 9.26. The van der Waals surface area contributed by atoms with Crippen LogP contribution in [0.5, 0.6) is 0 Å². The molecule has 1 saturated heterocycles. The number of hydrogen-bond donors (Lipinski definition) is 1. The van der Waals surface area contributed by atoms with E-state index in [1.54, 1.807) is 0 Å². The SMILES string of the molecule is CCNC(CC)C(C)c1nc(C2CCCOC2)no1. The number of hydrogen-bond acceptors (Lipinski definition) is 5. The highest BCUT2D eigenvalue weighted by Gasteiger charge is 2.26. The van der Waals surface area contributed by atoms with Crippen molar-refractivity contribution in [2.24, 2.45) is 0 Å². The third kappa shape index (κ3) is 3.54. The Bertz CT molecular complexity index is 375. The summed E-state index contributed by atoms with van der Waals surface area (Å²) >= 11 is 0. The van der Waals surface area contributed by atoms with Crippen molar-refractivity contribution in [3.8, 4) is 0 Å². The van der Waals surface area contributed by atoms with Gasteiger partial charge in [0, 0.05) is 18.6 Å². The molecule has 1 aromatic rings. The Hall–Kier alpha value is -0.940. The Labute approximate surface area is 115 Å². The zero-order valence-electron chi connectivity index (χ0n) is 12.2. The van der Waals surface area contributed by atoms with Gasteiger partial charge in [0.15, 0.2) is 5.82 Å². The van der Waals surface area contributed by atoms with Crippen LogP contribution in [-0.2, 0) is 4.74 Å². The molecule has 0 bridgehead atoms. The first kappa shape index (κ1) is 14.5. The van der Waals surface area contributed by atoms with Crippen molar-refractivity contribution < 1.29 is 9.26 Å². The second-order valence-corrected chi connectivity index (χ2v) is 5.27. The molecule has 2 heterocycles. The fourth-order valence-electron chi connectivity index (χ4n) is 2.65. The minimum absolute atomic E-state index is 0.246. The van der Waals surface area contributed by atoms with Gasteiger partial charge in [-0.15, -0.1) is 0 Å². The quantitative estimate of drug-likeness (QED) is 0.858. The average molecular weight is 267 g/mol. The van der Waals surface area contributed by atoms with Gasteiger partial charge in [0.25, 0.3) is 0 Å². The predicted molar refractivity (Wildman–Crippen MR) is 73.3 cm³/mol. The first-order valence-electron chi connectivity index (χ1n) is 7.40. The summed E-state index contributed by atoms with van der Waals surface area (Å²) in [6.45, 7) is 8.98. The Morgan fingerprint density at radius 1 is 1.42 bits per heavy atom. The summed E-state index contributed by atoms with van der Waals surface area (Å²) in [5.41, 5.74) is 0. The second kappa shape index (κ2) is 7.01. The molecule has 1 aromatic heterocycles. The van der Waals surface area contributed by atoms with Gasteiger partial charge in [0.2, 0.25) is 5.89 Å². The molecule has 1 aliphatic rings. The monoisotopic (exact) mass is 267 g/mol. The summed E-state index contributed by atoms with van der Waals surface area (Å²) in [6, 6.07) is 0.390. The van der Waals surface area contributed by atoms with Crippen LogP contribution >= 0.6 is 0 Å². The number of aromatic nitrogens is 2. The molecule has 5 heteroatoms. The van der Waals surface area contributed by atoms with E-state index in [0.717, 1.165) is 50.7 Å². The van der Waals surface area contributed by atoms with Crippen LogP contribution in [0.25, 0.3) is 0 Å². The van der Waals surface area contributed by atoms with E-state index >= 15 is 0 Å². The molecule has 3 unspecified atom stereocenters. The lowest BCUT2D eigenvalue weighted by Gasteiger charge is -2.20. The smallest absolute Gasteiger partial charge is 0.231 e. The normalized spacial score (nSPS) is 23.2. The lowest BCUT2D eigenvalue weighted by molar-refractivity contribution is 0.0773. The summed E-state index contributed by atoms with van der Waals surface area (Å²) in [4.78, 5) is 4.59. The maximum Gasteiger partial charge on any atom is 0.231 e. The fourth-order valence-corrected chi connectivity index (χ4v) is 2.65. The van der Waals surface area contributed by atoms with Crippen molar-refractivity contribution in [3.63, 3.8) is 0 Å². The molecule has 0 aromatic carbocycles. The van der Waals surface area contributed by atoms with Crippen LogP contribution in [0.1, 0.15) is 63.6 Å². The molecule has 19 heavy (non-hydrogen) atoms. The van der Waals surface area contributed by atoms with Crippen LogP contribution in [-0.4, -0.2) is 35.9 Å². The van der Waals surface area contributed by atoms with Crippen LogP contribution in [0.15, 0.2) is 4.52 Å². The van der Waals surface area contributed by atoms with Gasteiger partial charge in [-0.2, -0.15) is 4.98 Å². The highest BCUT2D eigenvalue weighted by Crippen LogP contribution is 2.26. The third-order valence-corrected chi connectivity index (χ3v) is 3.88. The third-order valence-electron chi connectivity index (χ3n) is 3.88. The largest absolute Gasteiger partial charge is 0.381 e. The van der Waals surface area contributed by atoms with Crippen LogP contribution < -0.4 is 5.32 Å². The molecule has 0 amide bonds. The fraction of sp³-hybridized carbons (Fsp3) is 0.857. The van der Waals surface area contributed by atoms with Crippen molar-refractivity contribution in [1.29, 1.82) is 0 Å². The van der Waals surface area contributed by atoms with E-state index in [-0.39, 0.29) is 5.92 Å². The molecule has 1 aliphatic heterocycles. The van der Waals surface area contributed by atoms with Gasteiger partial charge in [-0.05, 0) is 25.8 Å². The van der Waals surface area contributed by atoms with E-state index in [4.69, 9.17) is 9.26 Å². The topological polar surface area (TPSA) is 60.2 Å². The van der Waals surface area contributed by atoms with Gasteiger partial charge in [-0.3, -0.25) is 0 Å². The lowest BCUT2D eigenvalue weighted by atomic mass is 9.99. The summed E-state index contributed by atoms with van der Waals surface area (Å²) in [5, 5.41) is 7.61. The maximum absolute atomic E-state index is 5.48. The van der Waals surface area contributed by atoms with E-state index in [2.05, 4.69) is 36.2 Å². The molecular formula is C14H25N3O2. The van der Waals surface area contributed by atoms with Crippen molar-refractivity contribution in [2.45, 2.75) is 57.9 Å². The zero-order chi connectivity index (χ0) is 13.7. The molecule has 0 spiro atoms. The van der Waals surface area contributed by atoms with Crippen LogP contribution in [0.2, 0.25) is 0 Å². The standard InChI is InChI=1S/C14H25N3O2/c1-4-12(15-5-2)10(3)14-16-13(17-19-14)11-7-6-8-18-9-11/h10-12,15H,4-9H2,1-3H3. The lowest BCUT2D eigenvalue weighted by Crippen LogP contribution is -2.33. The van der Waals surface area contributed by atoms with Gasteiger partial charge in [-0.25, -0.2) is 0 Å². The van der Waals surface area contributed by atoms with Crippen molar-refractivity contribution in [1.82, 2.24) is 15.5 Å². The molecule has 3 atom stereocenters. The maximum atomic E-state index is 5.48. The van der Waals surface area contributed by atoms with E-state index < -0.39 is 0 Å². The Kier molecular flexibility index (Phi) is 5.34. The molecule has 1 fully saturated rings. The predicted octanol–water partition coefficient (Wildman–Crippen LogP) is 2.46. The van der Waals surface area contributed by atoms with Crippen LogP contribution in [0.3, 0.4) is 0 Å². The van der Waals surface area contributed by atoms with Gasteiger partial charge in [0.05, 0.1) is 12.5 Å². The molecule has 0 aliphatic carbocycles. The van der Waals surface area contributed by atoms with Crippen molar-refractivity contribution >= 4 is 0 Å². The first-order valence-corrected chi connectivity index (χ1v) is 7.40. The average Bonchev–Trinajstić information content (AvgIpc) is 2.95. The molecule has 0 saturated carbocycles. The number of likely N-dealkylation sites (N-methyl/N-ethyl adjacent to an activating group) is 1. The van der Waals surface area contributed by atoms with E-state index in [0.29, 0.717) is 12.0 Å². The number of rotatable bonds is 6. The second-order valence-electron chi connectivity index (χ2n) is 5.27. The Balaban J connectivity index is 2.02. The van der Waals surface area contributed by atoms with E-state index in [1.165, 1.54) is 0 Å². The summed E-state index contributed by atoms with van der Waals surface area (Å²) in [6.07, 6.45) is 3.23. The van der Waals surface area contributed by atoms with Gasteiger partial charge < -0.3 is 14.6 Å². The molecule has 108 valence electrons.